The van der Waals surface area contributed by atoms with Gasteiger partial charge in [0.1, 0.15) is 0 Å². The first-order valence-corrected chi connectivity index (χ1v) is 7.71. The molecule has 9 heteroatoms. The lowest BCUT2D eigenvalue weighted by Crippen LogP contribution is -2.41. The predicted molar refractivity (Wildman–Crippen MR) is 88.7 cm³/mol. The van der Waals surface area contributed by atoms with Gasteiger partial charge in [-0.3, -0.25) is 10.1 Å². The monoisotopic (exact) mass is 372 g/mol. The molecule has 136 valence electrons. The van der Waals surface area contributed by atoms with Crippen molar-refractivity contribution in [2.24, 2.45) is 0 Å². The van der Waals surface area contributed by atoms with Crippen LogP contribution in [0.5, 0.6) is 0 Å². The van der Waals surface area contributed by atoms with E-state index in [0.717, 1.165) is 5.56 Å². The fraction of sp³-hybridized carbons (Fsp3) is 0.438. The molecule has 0 radical (unpaired) electrons. The maximum absolute atomic E-state index is 13.1. The number of rotatable bonds is 5. The molecule has 1 aromatic carbocycles. The Morgan fingerprint density at radius 3 is 2.80 bits per heavy atom. The van der Waals surface area contributed by atoms with E-state index >= 15 is 0 Å². The fourth-order valence-corrected chi connectivity index (χ4v) is 2.57. The van der Waals surface area contributed by atoms with Crippen LogP contribution in [0.3, 0.4) is 0 Å². The molecule has 1 saturated heterocycles. The molecule has 0 aliphatic carbocycles. The Kier molecular flexibility index (Phi) is 6.07. The van der Waals surface area contributed by atoms with Crippen LogP contribution in [-0.4, -0.2) is 34.6 Å². The number of carbonyl (C=O) groups excluding carboxylic acids is 1. The molecule has 2 aromatic rings. The zero-order chi connectivity index (χ0) is 17.2. The Hall–Kier alpha value is -2.06. The summed E-state index contributed by atoms with van der Waals surface area (Å²) < 4.78 is 31.5. The first-order valence-electron chi connectivity index (χ1n) is 7.71. The van der Waals surface area contributed by atoms with Gasteiger partial charge in [-0.25, -0.2) is 8.78 Å². The minimum absolute atomic E-state index is 0. The van der Waals surface area contributed by atoms with Crippen LogP contribution in [0, 0.1) is 0 Å². The molecule has 2 atom stereocenters. The standard InChI is InChI=1S/C16H18F2N4O2.ClH/c1-10(20-15(23)12-8-16(17,18)9-19-12)14-21-13(24-22-14)7-11-5-3-2-4-6-11;/h2-6,10,12,19H,7-9H2,1H3,(H,20,23);1H. The highest BCUT2D eigenvalue weighted by molar-refractivity contribution is 5.85. The number of nitrogens with zero attached hydrogens (tertiary/aromatic N) is 2. The zero-order valence-electron chi connectivity index (χ0n) is 13.5. The summed E-state index contributed by atoms with van der Waals surface area (Å²) in [4.78, 5) is 16.3. The highest BCUT2D eigenvalue weighted by Crippen LogP contribution is 2.25. The van der Waals surface area contributed by atoms with Crippen LogP contribution in [0.2, 0.25) is 0 Å². The number of nitrogens with one attached hydrogen (secondary N) is 2. The van der Waals surface area contributed by atoms with Crippen LogP contribution in [0.1, 0.15) is 36.7 Å². The minimum Gasteiger partial charge on any atom is -0.345 e. The van der Waals surface area contributed by atoms with Gasteiger partial charge in [-0.05, 0) is 12.5 Å². The Labute approximate surface area is 149 Å². The summed E-state index contributed by atoms with van der Waals surface area (Å²) in [6.45, 7) is 1.20. The van der Waals surface area contributed by atoms with Crippen LogP contribution >= 0.6 is 12.4 Å². The molecule has 1 amide bonds. The number of alkyl halides is 2. The second-order valence-electron chi connectivity index (χ2n) is 5.93. The second-order valence-corrected chi connectivity index (χ2v) is 5.93. The minimum atomic E-state index is -2.85. The van der Waals surface area contributed by atoms with Crippen molar-refractivity contribution in [2.75, 3.05) is 6.54 Å². The van der Waals surface area contributed by atoms with Crippen LogP contribution in [0.4, 0.5) is 8.78 Å². The van der Waals surface area contributed by atoms with Crippen molar-refractivity contribution >= 4 is 18.3 Å². The van der Waals surface area contributed by atoms with Crippen molar-refractivity contribution in [1.82, 2.24) is 20.8 Å². The van der Waals surface area contributed by atoms with E-state index in [9.17, 15) is 13.6 Å². The Morgan fingerprint density at radius 2 is 2.16 bits per heavy atom. The molecule has 1 fully saturated rings. The van der Waals surface area contributed by atoms with Crippen LogP contribution < -0.4 is 10.6 Å². The van der Waals surface area contributed by atoms with Crippen LogP contribution in [-0.2, 0) is 11.2 Å². The second kappa shape index (κ2) is 7.88. The van der Waals surface area contributed by atoms with E-state index in [4.69, 9.17) is 4.52 Å². The molecule has 1 aliphatic rings. The molecule has 0 saturated carbocycles. The molecular formula is C16H19ClF2N4O2. The molecular weight excluding hydrogens is 354 g/mol. The van der Waals surface area contributed by atoms with Crippen LogP contribution in [0.15, 0.2) is 34.9 Å². The van der Waals surface area contributed by atoms with Crippen molar-refractivity contribution in [2.45, 2.75) is 37.8 Å². The van der Waals surface area contributed by atoms with E-state index < -0.39 is 36.9 Å². The number of hydrogen-bond donors (Lipinski definition) is 2. The number of hydrogen-bond acceptors (Lipinski definition) is 5. The quantitative estimate of drug-likeness (QED) is 0.841. The first kappa shape index (κ1) is 19.3. The maximum Gasteiger partial charge on any atom is 0.262 e. The van der Waals surface area contributed by atoms with E-state index in [1.807, 2.05) is 30.3 Å². The van der Waals surface area contributed by atoms with Gasteiger partial charge in [0.2, 0.25) is 11.8 Å². The number of aromatic nitrogens is 2. The largest absolute Gasteiger partial charge is 0.345 e. The number of amides is 1. The van der Waals surface area contributed by atoms with Gasteiger partial charge in [0.05, 0.1) is 25.0 Å². The summed E-state index contributed by atoms with van der Waals surface area (Å²) in [6.07, 6.45) is -0.0119. The molecule has 2 heterocycles. The molecule has 3 rings (SSSR count). The smallest absolute Gasteiger partial charge is 0.262 e. The number of carbonyl (C=O) groups is 1. The molecule has 1 aromatic heterocycles. The summed E-state index contributed by atoms with van der Waals surface area (Å²) in [5, 5.41) is 9.00. The van der Waals surface area contributed by atoms with E-state index in [1.165, 1.54) is 0 Å². The van der Waals surface area contributed by atoms with Gasteiger partial charge in [-0.1, -0.05) is 35.5 Å². The number of halogens is 3. The van der Waals surface area contributed by atoms with Crippen molar-refractivity contribution in [3.05, 3.63) is 47.6 Å². The number of benzene rings is 1. The van der Waals surface area contributed by atoms with E-state index in [2.05, 4.69) is 20.8 Å². The van der Waals surface area contributed by atoms with E-state index in [0.29, 0.717) is 18.1 Å². The summed E-state index contributed by atoms with van der Waals surface area (Å²) in [7, 11) is 0. The Bertz CT molecular complexity index is 711. The van der Waals surface area contributed by atoms with Gasteiger partial charge in [0.15, 0.2) is 5.82 Å². The lowest BCUT2D eigenvalue weighted by molar-refractivity contribution is -0.124. The summed E-state index contributed by atoms with van der Waals surface area (Å²) >= 11 is 0. The molecule has 25 heavy (non-hydrogen) atoms. The van der Waals surface area contributed by atoms with Gasteiger partial charge in [0, 0.05) is 6.42 Å². The average Bonchev–Trinajstić information content (AvgIpc) is 3.15. The Balaban J connectivity index is 0.00000225. The van der Waals surface area contributed by atoms with E-state index in [-0.39, 0.29) is 12.4 Å². The van der Waals surface area contributed by atoms with Gasteiger partial charge in [-0.2, -0.15) is 4.98 Å². The third-order valence-corrected chi connectivity index (χ3v) is 3.85. The molecule has 1 aliphatic heterocycles. The van der Waals surface area contributed by atoms with Gasteiger partial charge in [-0.15, -0.1) is 12.4 Å². The molecule has 2 N–H and O–H groups in total. The summed E-state index contributed by atoms with van der Waals surface area (Å²) in [5.41, 5.74) is 1.03. The summed E-state index contributed by atoms with van der Waals surface area (Å²) in [5.74, 6) is -2.59. The first-order chi connectivity index (χ1) is 11.4. The maximum atomic E-state index is 13.1. The lowest BCUT2D eigenvalue weighted by atomic mass is 10.1. The zero-order valence-corrected chi connectivity index (χ0v) is 14.4. The molecule has 6 nitrogen and oxygen atoms in total. The lowest BCUT2D eigenvalue weighted by Gasteiger charge is -2.14. The topological polar surface area (TPSA) is 80.0 Å². The van der Waals surface area contributed by atoms with Gasteiger partial charge in [0.25, 0.3) is 5.92 Å². The normalized spacial score (nSPS) is 19.9. The fourth-order valence-electron chi connectivity index (χ4n) is 2.57. The highest BCUT2D eigenvalue weighted by Gasteiger charge is 2.42. The third kappa shape index (κ3) is 4.96. The predicted octanol–water partition coefficient (Wildman–Crippen LogP) is 2.26. The highest BCUT2D eigenvalue weighted by atomic mass is 35.5. The summed E-state index contributed by atoms with van der Waals surface area (Å²) in [6, 6.07) is 8.21. The molecule has 0 bridgehead atoms. The van der Waals surface area contributed by atoms with Gasteiger partial charge >= 0.3 is 0 Å². The molecule has 0 spiro atoms. The average molecular weight is 373 g/mol. The SMILES string of the molecule is CC(NC(=O)C1CC(F)(F)CN1)c1noc(Cc2ccccc2)n1.Cl. The van der Waals surface area contributed by atoms with Crippen LogP contribution in [0.25, 0.3) is 0 Å². The molecule has 2 unspecified atom stereocenters. The van der Waals surface area contributed by atoms with Crippen molar-refractivity contribution in [3.8, 4) is 0 Å². The van der Waals surface area contributed by atoms with Gasteiger partial charge < -0.3 is 9.84 Å². The van der Waals surface area contributed by atoms with Crippen molar-refractivity contribution in [3.63, 3.8) is 0 Å². The van der Waals surface area contributed by atoms with Crippen molar-refractivity contribution in [1.29, 1.82) is 0 Å². The Morgan fingerprint density at radius 1 is 1.44 bits per heavy atom. The van der Waals surface area contributed by atoms with E-state index in [1.54, 1.807) is 6.92 Å². The van der Waals surface area contributed by atoms with Crippen molar-refractivity contribution < 1.29 is 18.1 Å². The third-order valence-electron chi connectivity index (χ3n) is 3.85.